The van der Waals surface area contributed by atoms with Crippen LogP contribution in [0.3, 0.4) is 0 Å². The Morgan fingerprint density at radius 1 is 1.21 bits per heavy atom. The van der Waals surface area contributed by atoms with Crippen molar-refractivity contribution in [3.05, 3.63) is 28.2 Å². The van der Waals surface area contributed by atoms with E-state index < -0.39 is 10.0 Å². The van der Waals surface area contributed by atoms with Gasteiger partial charge in [-0.1, -0.05) is 23.2 Å². The van der Waals surface area contributed by atoms with Crippen molar-refractivity contribution in [2.75, 3.05) is 26.0 Å². The average molecular weight is 452 g/mol. The molecule has 1 fully saturated rings. The van der Waals surface area contributed by atoms with Crippen LogP contribution in [0.1, 0.15) is 25.7 Å². The number of nitrogens with zero attached hydrogens (tertiary/aromatic N) is 1. The lowest BCUT2D eigenvalue weighted by atomic mass is 9.98. The summed E-state index contributed by atoms with van der Waals surface area (Å²) >= 11 is 11.8. The zero-order valence-corrected chi connectivity index (χ0v) is 17.7. The standard InChI is InChI=1S/C17H23Cl2N3O5S/c1-28(25,26)22-8-6-12(7-9-22)17(24)21-20-16(23)3-2-10-27-15-5-4-13(18)11-14(15)19/h4-5,11-12H,2-3,6-10H2,1H3,(H,20,23)(H,21,24). The molecule has 0 aliphatic carbocycles. The number of amides is 2. The van der Waals surface area contributed by atoms with E-state index in [1.54, 1.807) is 18.2 Å². The number of nitrogens with one attached hydrogen (secondary N) is 2. The highest BCUT2D eigenvalue weighted by atomic mass is 35.5. The minimum Gasteiger partial charge on any atom is -0.492 e. The molecular formula is C17H23Cl2N3O5S. The third-order valence-corrected chi connectivity index (χ3v) is 6.15. The number of hydrogen-bond acceptors (Lipinski definition) is 5. The Balaban J connectivity index is 1.62. The molecule has 1 aliphatic heterocycles. The van der Waals surface area contributed by atoms with Gasteiger partial charge in [-0.3, -0.25) is 20.4 Å². The van der Waals surface area contributed by atoms with Crippen molar-refractivity contribution in [2.45, 2.75) is 25.7 Å². The smallest absolute Gasteiger partial charge is 0.241 e. The predicted molar refractivity (Wildman–Crippen MR) is 107 cm³/mol. The van der Waals surface area contributed by atoms with Crippen molar-refractivity contribution in [3.8, 4) is 5.75 Å². The molecule has 0 spiro atoms. The van der Waals surface area contributed by atoms with Crippen LogP contribution in [0.5, 0.6) is 5.75 Å². The van der Waals surface area contributed by atoms with Crippen LogP contribution in [0, 0.1) is 5.92 Å². The van der Waals surface area contributed by atoms with Crippen molar-refractivity contribution in [1.29, 1.82) is 0 Å². The van der Waals surface area contributed by atoms with Crippen LogP contribution >= 0.6 is 23.2 Å². The molecule has 0 bridgehead atoms. The molecule has 2 rings (SSSR count). The zero-order valence-electron chi connectivity index (χ0n) is 15.4. The topological polar surface area (TPSA) is 105 Å². The lowest BCUT2D eigenvalue weighted by molar-refractivity contribution is -0.132. The number of halogens is 2. The maximum Gasteiger partial charge on any atom is 0.241 e. The third kappa shape index (κ3) is 7.12. The summed E-state index contributed by atoms with van der Waals surface area (Å²) in [5.41, 5.74) is 4.77. The van der Waals surface area contributed by atoms with Crippen molar-refractivity contribution in [3.63, 3.8) is 0 Å². The Labute approximate surface area is 174 Å². The fourth-order valence-electron chi connectivity index (χ4n) is 2.75. The molecule has 2 amide bonds. The minimum atomic E-state index is -3.23. The van der Waals surface area contributed by atoms with Crippen LogP contribution in [0.15, 0.2) is 18.2 Å². The second kappa shape index (κ2) is 10.3. The summed E-state index contributed by atoms with van der Waals surface area (Å²) in [5, 5.41) is 0.903. The summed E-state index contributed by atoms with van der Waals surface area (Å²) in [6, 6.07) is 4.88. The van der Waals surface area contributed by atoms with Gasteiger partial charge in [0.1, 0.15) is 5.75 Å². The van der Waals surface area contributed by atoms with Gasteiger partial charge in [0.2, 0.25) is 21.8 Å². The van der Waals surface area contributed by atoms with Crippen molar-refractivity contribution >= 4 is 45.0 Å². The van der Waals surface area contributed by atoms with Gasteiger partial charge < -0.3 is 4.74 Å². The van der Waals surface area contributed by atoms with Crippen LogP contribution in [0.2, 0.25) is 10.0 Å². The number of hydrazine groups is 1. The summed E-state index contributed by atoms with van der Waals surface area (Å²) in [6.07, 6.45) is 2.60. The molecule has 1 heterocycles. The van der Waals surface area contributed by atoms with E-state index in [1.165, 1.54) is 4.31 Å². The number of ether oxygens (including phenoxy) is 1. The Morgan fingerprint density at radius 3 is 2.50 bits per heavy atom. The first-order valence-electron chi connectivity index (χ1n) is 8.78. The van der Waals surface area contributed by atoms with E-state index in [0.717, 1.165) is 6.26 Å². The Kier molecular flexibility index (Phi) is 8.36. The summed E-state index contributed by atoms with van der Waals surface area (Å²) in [6.45, 7) is 0.887. The first-order chi connectivity index (χ1) is 13.2. The molecule has 1 aliphatic rings. The highest BCUT2D eigenvalue weighted by molar-refractivity contribution is 7.88. The Morgan fingerprint density at radius 2 is 1.89 bits per heavy atom. The number of rotatable bonds is 7. The van der Waals surface area contributed by atoms with Crippen LogP contribution in [0.25, 0.3) is 0 Å². The summed E-state index contributed by atoms with van der Waals surface area (Å²) in [5.74, 6) is -0.493. The Hall–Kier alpha value is -1.55. The molecule has 0 radical (unpaired) electrons. The maximum atomic E-state index is 12.1. The first-order valence-corrected chi connectivity index (χ1v) is 11.4. The second-order valence-corrected chi connectivity index (χ2v) is 9.33. The van der Waals surface area contributed by atoms with Crippen LogP contribution in [-0.2, 0) is 19.6 Å². The maximum absolute atomic E-state index is 12.1. The van der Waals surface area contributed by atoms with E-state index in [1.807, 2.05) is 0 Å². The molecule has 2 N–H and O–H groups in total. The number of hydrogen-bond donors (Lipinski definition) is 2. The van der Waals surface area contributed by atoms with Gasteiger partial charge in [0.05, 0.1) is 17.9 Å². The number of benzene rings is 1. The molecule has 1 saturated heterocycles. The first kappa shape index (κ1) is 22.7. The number of sulfonamides is 1. The van der Waals surface area contributed by atoms with Gasteiger partial charge in [-0.2, -0.15) is 0 Å². The van der Waals surface area contributed by atoms with E-state index in [0.29, 0.717) is 48.1 Å². The lowest BCUT2D eigenvalue weighted by Gasteiger charge is -2.29. The molecule has 0 saturated carbocycles. The minimum absolute atomic E-state index is 0.165. The van der Waals surface area contributed by atoms with Crippen LogP contribution in [-0.4, -0.2) is 50.5 Å². The fraction of sp³-hybridized carbons (Fsp3) is 0.529. The van der Waals surface area contributed by atoms with Gasteiger partial charge in [-0.15, -0.1) is 0 Å². The Bertz CT molecular complexity index is 811. The molecule has 0 unspecified atom stereocenters. The predicted octanol–water partition coefficient (Wildman–Crippen LogP) is 1.97. The third-order valence-electron chi connectivity index (χ3n) is 4.32. The summed E-state index contributed by atoms with van der Waals surface area (Å²) in [4.78, 5) is 23.9. The SMILES string of the molecule is CS(=O)(=O)N1CCC(C(=O)NNC(=O)CCCOc2ccc(Cl)cc2Cl)CC1. The highest BCUT2D eigenvalue weighted by Gasteiger charge is 2.29. The summed E-state index contributed by atoms with van der Waals surface area (Å²) in [7, 11) is -3.23. The second-order valence-electron chi connectivity index (χ2n) is 6.50. The van der Waals surface area contributed by atoms with E-state index in [4.69, 9.17) is 27.9 Å². The van der Waals surface area contributed by atoms with E-state index >= 15 is 0 Å². The van der Waals surface area contributed by atoms with Gasteiger partial charge in [-0.05, 0) is 37.5 Å². The number of carbonyl (C=O) groups is 2. The van der Waals surface area contributed by atoms with Crippen molar-refractivity contribution in [1.82, 2.24) is 15.2 Å². The zero-order chi connectivity index (χ0) is 20.7. The normalized spacial score (nSPS) is 15.8. The average Bonchev–Trinajstić information content (AvgIpc) is 2.64. The number of carbonyl (C=O) groups excluding carboxylic acids is 2. The van der Waals surface area contributed by atoms with Crippen molar-refractivity contribution in [2.24, 2.45) is 5.92 Å². The molecule has 1 aromatic carbocycles. The fourth-order valence-corrected chi connectivity index (χ4v) is 4.09. The molecule has 11 heteroatoms. The van der Waals surface area contributed by atoms with E-state index in [-0.39, 0.29) is 30.8 Å². The molecule has 0 aromatic heterocycles. The van der Waals surface area contributed by atoms with Gasteiger partial charge in [0, 0.05) is 30.5 Å². The molecule has 0 atom stereocenters. The highest BCUT2D eigenvalue weighted by Crippen LogP contribution is 2.27. The largest absolute Gasteiger partial charge is 0.492 e. The van der Waals surface area contributed by atoms with Crippen LogP contribution in [0.4, 0.5) is 0 Å². The molecule has 1 aromatic rings. The molecule has 8 nitrogen and oxygen atoms in total. The van der Waals surface area contributed by atoms with Gasteiger partial charge in [0.25, 0.3) is 0 Å². The van der Waals surface area contributed by atoms with Gasteiger partial charge in [-0.25, -0.2) is 12.7 Å². The summed E-state index contributed by atoms with van der Waals surface area (Å²) < 4.78 is 29.8. The van der Waals surface area contributed by atoms with E-state index in [2.05, 4.69) is 10.9 Å². The molecular weight excluding hydrogens is 429 g/mol. The van der Waals surface area contributed by atoms with Gasteiger partial charge in [0.15, 0.2) is 0 Å². The van der Waals surface area contributed by atoms with Gasteiger partial charge >= 0.3 is 0 Å². The quantitative estimate of drug-likeness (QED) is 0.486. The van der Waals surface area contributed by atoms with E-state index in [9.17, 15) is 18.0 Å². The van der Waals surface area contributed by atoms with Crippen LogP contribution < -0.4 is 15.6 Å². The van der Waals surface area contributed by atoms with Crippen molar-refractivity contribution < 1.29 is 22.7 Å². The molecule has 28 heavy (non-hydrogen) atoms. The number of piperidine rings is 1. The lowest BCUT2D eigenvalue weighted by Crippen LogP contribution is -2.48. The monoisotopic (exact) mass is 451 g/mol. The molecule has 156 valence electrons.